The summed E-state index contributed by atoms with van der Waals surface area (Å²) in [5, 5.41) is 17.5. The molecule has 0 aliphatic heterocycles. The molecule has 1 aromatic carbocycles. The van der Waals surface area contributed by atoms with Gasteiger partial charge in [-0.3, -0.25) is 0 Å². The standard InChI is InChI=1S/C12H12F2N2O4S/c1-12(2,5-15)6-16-21(19,20)8-4-3-7(13)9(10(8)14)11(17)18/h3-4,16H,6H2,1-2H3,(H,17,18). The van der Waals surface area contributed by atoms with Crippen LogP contribution in [0.1, 0.15) is 24.2 Å². The summed E-state index contributed by atoms with van der Waals surface area (Å²) in [6.45, 7) is 2.60. The van der Waals surface area contributed by atoms with Gasteiger partial charge in [-0.2, -0.15) is 5.26 Å². The highest BCUT2D eigenvalue weighted by Gasteiger charge is 2.28. The van der Waals surface area contributed by atoms with Gasteiger partial charge in [0.15, 0.2) is 5.82 Å². The van der Waals surface area contributed by atoms with Gasteiger partial charge in [-0.1, -0.05) is 0 Å². The predicted octanol–water partition coefficient (Wildman–Crippen LogP) is 1.49. The number of nitrogens with zero attached hydrogens (tertiary/aromatic N) is 1. The number of halogens is 2. The van der Waals surface area contributed by atoms with Crippen molar-refractivity contribution < 1.29 is 27.1 Å². The highest BCUT2D eigenvalue weighted by molar-refractivity contribution is 7.89. The summed E-state index contributed by atoms with van der Waals surface area (Å²) in [7, 11) is -4.41. The van der Waals surface area contributed by atoms with Crippen LogP contribution >= 0.6 is 0 Å². The maximum absolute atomic E-state index is 13.9. The van der Waals surface area contributed by atoms with Crippen molar-refractivity contribution in [2.45, 2.75) is 18.7 Å². The molecule has 1 rings (SSSR count). The lowest BCUT2D eigenvalue weighted by atomic mass is 9.97. The van der Waals surface area contributed by atoms with Gasteiger partial charge < -0.3 is 5.11 Å². The number of hydrogen-bond acceptors (Lipinski definition) is 4. The van der Waals surface area contributed by atoms with E-state index in [0.29, 0.717) is 12.1 Å². The van der Waals surface area contributed by atoms with Crippen LogP contribution in [-0.2, 0) is 10.0 Å². The maximum Gasteiger partial charge on any atom is 0.341 e. The Morgan fingerprint density at radius 3 is 2.48 bits per heavy atom. The number of benzene rings is 1. The van der Waals surface area contributed by atoms with Gasteiger partial charge in [0.05, 0.1) is 11.5 Å². The van der Waals surface area contributed by atoms with E-state index in [2.05, 4.69) is 0 Å². The lowest BCUT2D eigenvalue weighted by Crippen LogP contribution is -2.34. The summed E-state index contributed by atoms with van der Waals surface area (Å²) in [4.78, 5) is 9.76. The fourth-order valence-corrected chi connectivity index (χ4v) is 2.62. The van der Waals surface area contributed by atoms with Crippen LogP contribution in [0.5, 0.6) is 0 Å². The molecule has 2 N–H and O–H groups in total. The third-order valence-electron chi connectivity index (χ3n) is 2.57. The van der Waals surface area contributed by atoms with Crippen molar-refractivity contribution >= 4 is 16.0 Å². The van der Waals surface area contributed by atoms with E-state index in [4.69, 9.17) is 10.4 Å². The number of nitrogens with one attached hydrogen (secondary N) is 1. The van der Waals surface area contributed by atoms with Crippen molar-refractivity contribution in [1.82, 2.24) is 4.72 Å². The number of carbonyl (C=O) groups is 1. The number of carboxylic acids is 1. The van der Waals surface area contributed by atoms with Gasteiger partial charge in [-0.25, -0.2) is 26.7 Å². The van der Waals surface area contributed by atoms with Crippen molar-refractivity contribution in [3.8, 4) is 6.07 Å². The molecule has 21 heavy (non-hydrogen) atoms. The Hall–Kier alpha value is -2.05. The molecule has 0 fully saturated rings. The molecule has 0 aliphatic carbocycles. The molecule has 0 saturated heterocycles. The van der Waals surface area contributed by atoms with Crippen molar-refractivity contribution in [1.29, 1.82) is 5.26 Å². The summed E-state index contributed by atoms with van der Waals surface area (Å²) in [5.74, 6) is -4.99. The SMILES string of the molecule is CC(C)(C#N)CNS(=O)(=O)c1ccc(F)c(C(=O)O)c1F. The predicted molar refractivity (Wildman–Crippen MR) is 67.9 cm³/mol. The summed E-state index contributed by atoms with van der Waals surface area (Å²) in [6, 6.07) is 3.02. The monoisotopic (exact) mass is 318 g/mol. The Morgan fingerprint density at radius 2 is 2.00 bits per heavy atom. The zero-order chi connectivity index (χ0) is 16.4. The first-order valence-corrected chi connectivity index (χ1v) is 7.12. The van der Waals surface area contributed by atoms with Gasteiger partial charge in [0.1, 0.15) is 16.3 Å². The van der Waals surface area contributed by atoms with Gasteiger partial charge >= 0.3 is 5.97 Å². The molecule has 0 bridgehead atoms. The zero-order valence-corrected chi connectivity index (χ0v) is 12.0. The normalized spacial score (nSPS) is 12.0. The van der Waals surface area contributed by atoms with Crippen LogP contribution in [0.2, 0.25) is 0 Å². The minimum absolute atomic E-state index is 0.314. The molecule has 0 spiro atoms. The molecule has 0 atom stereocenters. The molecule has 0 aliphatic rings. The molecule has 0 unspecified atom stereocenters. The topological polar surface area (TPSA) is 107 Å². The summed E-state index contributed by atoms with van der Waals surface area (Å²) in [5.41, 5.74) is -2.39. The quantitative estimate of drug-likeness (QED) is 0.855. The van der Waals surface area contributed by atoms with Crippen LogP contribution in [-0.4, -0.2) is 26.0 Å². The highest BCUT2D eigenvalue weighted by Crippen LogP contribution is 2.22. The molecule has 6 nitrogen and oxygen atoms in total. The second-order valence-corrected chi connectivity index (χ2v) is 6.60. The number of aromatic carboxylic acids is 1. The third kappa shape index (κ3) is 3.74. The molecule has 0 heterocycles. The van der Waals surface area contributed by atoms with E-state index >= 15 is 0 Å². The fourth-order valence-electron chi connectivity index (χ4n) is 1.33. The van der Waals surface area contributed by atoms with E-state index in [1.54, 1.807) is 0 Å². The summed E-state index contributed by atoms with van der Waals surface area (Å²) in [6.07, 6.45) is 0. The second kappa shape index (κ2) is 5.75. The first-order chi connectivity index (χ1) is 9.52. The zero-order valence-electron chi connectivity index (χ0n) is 11.1. The Balaban J connectivity index is 3.26. The summed E-state index contributed by atoms with van der Waals surface area (Å²) < 4.78 is 52.9. The van der Waals surface area contributed by atoms with E-state index in [1.807, 2.05) is 10.8 Å². The van der Waals surface area contributed by atoms with E-state index in [0.717, 1.165) is 0 Å². The Morgan fingerprint density at radius 1 is 1.43 bits per heavy atom. The number of nitriles is 1. The van der Waals surface area contributed by atoms with Crippen molar-refractivity contribution in [2.24, 2.45) is 5.41 Å². The average molecular weight is 318 g/mol. The van der Waals surface area contributed by atoms with Gasteiger partial charge in [0, 0.05) is 6.54 Å². The second-order valence-electron chi connectivity index (χ2n) is 4.86. The van der Waals surface area contributed by atoms with Crippen LogP contribution in [0, 0.1) is 28.4 Å². The molecule has 1 aromatic rings. The highest BCUT2D eigenvalue weighted by atomic mass is 32.2. The molecular formula is C12H12F2N2O4S. The van der Waals surface area contributed by atoms with Gasteiger partial charge in [0.2, 0.25) is 10.0 Å². The first kappa shape index (κ1) is 17.0. The van der Waals surface area contributed by atoms with E-state index in [9.17, 15) is 22.0 Å². The lowest BCUT2D eigenvalue weighted by molar-refractivity contribution is 0.0685. The minimum atomic E-state index is -4.41. The lowest BCUT2D eigenvalue weighted by Gasteiger charge is -2.16. The molecule has 114 valence electrons. The van der Waals surface area contributed by atoms with Crippen LogP contribution in [0.3, 0.4) is 0 Å². The van der Waals surface area contributed by atoms with Gasteiger partial charge in [-0.05, 0) is 26.0 Å². The fraction of sp³-hybridized carbons (Fsp3) is 0.333. The van der Waals surface area contributed by atoms with Gasteiger partial charge in [-0.15, -0.1) is 0 Å². The van der Waals surface area contributed by atoms with Crippen LogP contribution in [0.4, 0.5) is 8.78 Å². The van der Waals surface area contributed by atoms with Crippen LogP contribution < -0.4 is 4.72 Å². The van der Waals surface area contributed by atoms with E-state index in [1.165, 1.54) is 13.8 Å². The molecule has 0 radical (unpaired) electrons. The average Bonchev–Trinajstić information content (AvgIpc) is 2.36. The number of hydrogen-bond donors (Lipinski definition) is 2. The van der Waals surface area contributed by atoms with E-state index in [-0.39, 0.29) is 6.54 Å². The van der Waals surface area contributed by atoms with Crippen LogP contribution in [0.15, 0.2) is 17.0 Å². The smallest absolute Gasteiger partial charge is 0.341 e. The van der Waals surface area contributed by atoms with Crippen molar-refractivity contribution in [3.05, 3.63) is 29.3 Å². The molecule has 9 heteroatoms. The first-order valence-electron chi connectivity index (χ1n) is 5.64. The molecule has 0 amide bonds. The minimum Gasteiger partial charge on any atom is -0.477 e. The Kier molecular flexibility index (Phi) is 4.65. The molecule has 0 aromatic heterocycles. The maximum atomic E-state index is 13.9. The Bertz CT molecular complexity index is 724. The number of sulfonamides is 1. The van der Waals surface area contributed by atoms with Crippen molar-refractivity contribution in [3.63, 3.8) is 0 Å². The van der Waals surface area contributed by atoms with E-state index < -0.39 is 43.5 Å². The molecule has 0 saturated carbocycles. The third-order valence-corrected chi connectivity index (χ3v) is 3.98. The Labute approximate surface area is 120 Å². The largest absolute Gasteiger partial charge is 0.477 e. The number of rotatable bonds is 5. The molecular weight excluding hydrogens is 306 g/mol. The van der Waals surface area contributed by atoms with Crippen LogP contribution in [0.25, 0.3) is 0 Å². The number of carboxylic acid groups (broad SMARTS) is 1. The van der Waals surface area contributed by atoms with Crippen molar-refractivity contribution in [2.75, 3.05) is 6.54 Å². The summed E-state index contributed by atoms with van der Waals surface area (Å²) >= 11 is 0. The van der Waals surface area contributed by atoms with Gasteiger partial charge in [0.25, 0.3) is 0 Å².